The molecule has 22 heavy (non-hydrogen) atoms. The van der Waals surface area contributed by atoms with E-state index in [9.17, 15) is 4.79 Å². The fourth-order valence-electron chi connectivity index (χ4n) is 2.23. The van der Waals surface area contributed by atoms with Crippen LogP contribution in [0.25, 0.3) is 5.65 Å². The van der Waals surface area contributed by atoms with Gasteiger partial charge in [0.15, 0.2) is 5.65 Å². The number of hydrogen-bond donors (Lipinski definition) is 2. The molecule has 0 saturated carbocycles. The van der Waals surface area contributed by atoms with Gasteiger partial charge in [0.2, 0.25) is 0 Å². The average molecular weight is 296 g/mol. The van der Waals surface area contributed by atoms with Crippen molar-refractivity contribution in [2.45, 2.75) is 13.3 Å². The van der Waals surface area contributed by atoms with Crippen LogP contribution in [0, 0.1) is 6.92 Å². The highest BCUT2D eigenvalue weighted by Crippen LogP contribution is 2.13. The van der Waals surface area contributed by atoms with Gasteiger partial charge < -0.3 is 10.4 Å². The molecule has 0 radical (unpaired) electrons. The number of aliphatic hydroxyl groups is 1. The highest BCUT2D eigenvalue weighted by atomic mass is 16.3. The molecule has 3 aromatic rings. The van der Waals surface area contributed by atoms with Gasteiger partial charge in [-0.05, 0) is 43.2 Å². The summed E-state index contributed by atoms with van der Waals surface area (Å²) in [5.74, 6) is 0.544. The van der Waals surface area contributed by atoms with Crippen LogP contribution in [-0.4, -0.2) is 32.2 Å². The number of amides is 1. The van der Waals surface area contributed by atoms with E-state index >= 15 is 0 Å². The fourth-order valence-corrected chi connectivity index (χ4v) is 2.23. The van der Waals surface area contributed by atoms with Gasteiger partial charge in [0.25, 0.3) is 5.91 Å². The van der Waals surface area contributed by atoms with Crippen LogP contribution in [0.15, 0.2) is 42.6 Å². The number of aryl methyl sites for hydroxylation is 1. The van der Waals surface area contributed by atoms with Crippen LogP contribution >= 0.6 is 0 Å². The van der Waals surface area contributed by atoms with Gasteiger partial charge in [0, 0.05) is 18.5 Å². The van der Waals surface area contributed by atoms with Gasteiger partial charge in [-0.2, -0.15) is 0 Å². The molecule has 112 valence electrons. The normalized spacial score (nSPS) is 10.8. The molecule has 0 aliphatic carbocycles. The van der Waals surface area contributed by atoms with E-state index in [1.165, 1.54) is 0 Å². The maximum Gasteiger partial charge on any atom is 0.257 e. The molecule has 0 unspecified atom stereocenters. The molecule has 0 aliphatic rings. The maximum absolute atomic E-state index is 12.3. The van der Waals surface area contributed by atoms with Crippen LogP contribution in [0.5, 0.6) is 0 Å². The average Bonchev–Trinajstić information content (AvgIpc) is 2.90. The van der Waals surface area contributed by atoms with Gasteiger partial charge in [0.05, 0.1) is 5.56 Å². The Labute approximate surface area is 127 Å². The van der Waals surface area contributed by atoms with Gasteiger partial charge >= 0.3 is 0 Å². The smallest absolute Gasteiger partial charge is 0.257 e. The lowest BCUT2D eigenvalue weighted by molar-refractivity contribution is 0.102. The number of carbonyl (C=O) groups is 1. The summed E-state index contributed by atoms with van der Waals surface area (Å²) in [6.07, 6.45) is 2.33. The number of fused-ring (bicyclic) bond motifs is 1. The maximum atomic E-state index is 12.3. The summed E-state index contributed by atoms with van der Waals surface area (Å²) in [5.41, 5.74) is 2.99. The standard InChI is InChI=1S/C16H16N4O2/c1-11-18-19-15-7-4-13(10-20(11)15)16(22)17-14-5-2-12(3-6-14)8-9-21/h2-7,10,21H,8-9H2,1H3,(H,17,22). The Kier molecular flexibility index (Phi) is 3.84. The molecule has 2 heterocycles. The Balaban J connectivity index is 1.78. The predicted octanol–water partition coefficient (Wildman–Crippen LogP) is 1.82. The Morgan fingerprint density at radius 1 is 1.18 bits per heavy atom. The summed E-state index contributed by atoms with van der Waals surface area (Å²) in [4.78, 5) is 12.3. The number of anilines is 1. The molecule has 0 bridgehead atoms. The molecule has 2 N–H and O–H groups in total. The number of carbonyl (C=O) groups excluding carboxylic acids is 1. The molecule has 0 saturated heterocycles. The summed E-state index contributed by atoms with van der Waals surface area (Å²) >= 11 is 0. The molecular weight excluding hydrogens is 280 g/mol. The number of pyridine rings is 1. The third kappa shape index (κ3) is 2.82. The quantitative estimate of drug-likeness (QED) is 0.769. The van der Waals surface area contributed by atoms with Crippen molar-refractivity contribution < 1.29 is 9.90 Å². The number of hydrogen-bond acceptors (Lipinski definition) is 4. The zero-order chi connectivity index (χ0) is 15.5. The Morgan fingerprint density at radius 2 is 1.95 bits per heavy atom. The van der Waals surface area contributed by atoms with Crippen molar-refractivity contribution in [1.29, 1.82) is 0 Å². The zero-order valence-corrected chi connectivity index (χ0v) is 12.2. The van der Waals surface area contributed by atoms with E-state index in [1.54, 1.807) is 22.7 Å². The van der Waals surface area contributed by atoms with E-state index in [2.05, 4.69) is 15.5 Å². The second-order valence-electron chi connectivity index (χ2n) is 5.02. The first kappa shape index (κ1) is 14.2. The van der Waals surface area contributed by atoms with E-state index in [1.807, 2.05) is 31.2 Å². The molecular formula is C16H16N4O2. The van der Waals surface area contributed by atoms with Gasteiger partial charge in [0.1, 0.15) is 5.82 Å². The molecule has 0 fully saturated rings. The molecule has 6 heteroatoms. The van der Waals surface area contributed by atoms with Crippen molar-refractivity contribution in [2.75, 3.05) is 11.9 Å². The lowest BCUT2D eigenvalue weighted by Crippen LogP contribution is -2.12. The molecule has 3 rings (SSSR count). The molecule has 6 nitrogen and oxygen atoms in total. The van der Waals surface area contributed by atoms with Crippen LogP contribution in [0.2, 0.25) is 0 Å². The molecule has 0 aliphatic heterocycles. The molecule has 1 aromatic carbocycles. The van der Waals surface area contributed by atoms with E-state index in [0.717, 1.165) is 11.4 Å². The number of rotatable bonds is 4. The van der Waals surface area contributed by atoms with Crippen LogP contribution < -0.4 is 5.32 Å². The Morgan fingerprint density at radius 3 is 2.68 bits per heavy atom. The van der Waals surface area contributed by atoms with Crippen LogP contribution in [-0.2, 0) is 6.42 Å². The first-order valence-electron chi connectivity index (χ1n) is 7.00. The van der Waals surface area contributed by atoms with Gasteiger partial charge in [-0.1, -0.05) is 12.1 Å². The fraction of sp³-hybridized carbons (Fsp3) is 0.188. The molecule has 2 aromatic heterocycles. The third-order valence-corrected chi connectivity index (χ3v) is 3.45. The van der Waals surface area contributed by atoms with E-state index < -0.39 is 0 Å². The molecule has 0 atom stereocenters. The van der Waals surface area contributed by atoms with Crippen LogP contribution in [0.3, 0.4) is 0 Å². The third-order valence-electron chi connectivity index (χ3n) is 3.45. The minimum absolute atomic E-state index is 0.115. The summed E-state index contributed by atoms with van der Waals surface area (Å²) in [7, 11) is 0. The van der Waals surface area contributed by atoms with Gasteiger partial charge in [-0.25, -0.2) is 0 Å². The van der Waals surface area contributed by atoms with Crippen LogP contribution in [0.4, 0.5) is 5.69 Å². The van der Waals surface area contributed by atoms with Crippen molar-refractivity contribution in [1.82, 2.24) is 14.6 Å². The Bertz CT molecular complexity index is 809. The van der Waals surface area contributed by atoms with E-state index in [-0.39, 0.29) is 12.5 Å². The van der Waals surface area contributed by atoms with E-state index in [0.29, 0.717) is 23.3 Å². The van der Waals surface area contributed by atoms with Crippen molar-refractivity contribution >= 4 is 17.2 Å². The summed E-state index contributed by atoms with van der Waals surface area (Å²) in [5, 5.41) is 19.7. The van der Waals surface area contributed by atoms with E-state index in [4.69, 9.17) is 5.11 Å². The van der Waals surface area contributed by atoms with Gasteiger partial charge in [-0.3, -0.25) is 9.20 Å². The number of aromatic nitrogens is 3. The van der Waals surface area contributed by atoms with Crippen LogP contribution in [0.1, 0.15) is 21.7 Å². The SMILES string of the molecule is Cc1nnc2ccc(C(=O)Nc3ccc(CCO)cc3)cn12. The highest BCUT2D eigenvalue weighted by Gasteiger charge is 2.09. The lowest BCUT2D eigenvalue weighted by atomic mass is 10.1. The predicted molar refractivity (Wildman–Crippen MR) is 82.9 cm³/mol. The molecule has 1 amide bonds. The summed E-state index contributed by atoms with van der Waals surface area (Å²) < 4.78 is 1.78. The number of nitrogens with zero attached hydrogens (tertiary/aromatic N) is 3. The number of nitrogens with one attached hydrogen (secondary N) is 1. The first-order chi connectivity index (χ1) is 10.7. The van der Waals surface area contributed by atoms with Crippen molar-refractivity contribution in [3.63, 3.8) is 0 Å². The van der Waals surface area contributed by atoms with Crippen molar-refractivity contribution in [3.8, 4) is 0 Å². The monoisotopic (exact) mass is 296 g/mol. The minimum Gasteiger partial charge on any atom is -0.396 e. The lowest BCUT2D eigenvalue weighted by Gasteiger charge is -2.07. The Hall–Kier alpha value is -2.73. The van der Waals surface area contributed by atoms with Gasteiger partial charge in [-0.15, -0.1) is 10.2 Å². The zero-order valence-electron chi connectivity index (χ0n) is 12.2. The largest absolute Gasteiger partial charge is 0.396 e. The number of benzene rings is 1. The molecule has 0 spiro atoms. The van der Waals surface area contributed by atoms with Crippen molar-refractivity contribution in [3.05, 3.63) is 59.5 Å². The first-order valence-corrected chi connectivity index (χ1v) is 7.00. The highest BCUT2D eigenvalue weighted by molar-refractivity contribution is 6.04. The summed E-state index contributed by atoms with van der Waals surface area (Å²) in [6, 6.07) is 10.9. The summed E-state index contributed by atoms with van der Waals surface area (Å²) in [6.45, 7) is 1.95. The minimum atomic E-state index is -0.190. The van der Waals surface area contributed by atoms with Crippen molar-refractivity contribution in [2.24, 2.45) is 0 Å². The second-order valence-corrected chi connectivity index (χ2v) is 5.02. The second kappa shape index (κ2) is 5.95. The number of aliphatic hydroxyl groups excluding tert-OH is 1. The topological polar surface area (TPSA) is 79.5 Å².